The Morgan fingerprint density at radius 1 is 1.53 bits per heavy atom. The van der Waals surface area contributed by atoms with Crippen LogP contribution in [0.1, 0.15) is 21.9 Å². The van der Waals surface area contributed by atoms with Gasteiger partial charge in [-0.2, -0.15) is 0 Å². The number of nitrogens with two attached hydrogens (primary N) is 1. The zero-order valence-electron chi connectivity index (χ0n) is 10.2. The molecule has 0 aliphatic heterocycles. The van der Waals surface area contributed by atoms with Gasteiger partial charge in [0.15, 0.2) is 5.82 Å². The van der Waals surface area contributed by atoms with Crippen LogP contribution < -0.4 is 11.1 Å². The second-order valence-corrected chi connectivity index (χ2v) is 4.28. The second kappa shape index (κ2) is 5.53. The van der Waals surface area contributed by atoms with Crippen molar-refractivity contribution in [3.8, 4) is 0 Å². The summed E-state index contributed by atoms with van der Waals surface area (Å²) in [5.74, 6) is 0.366. The number of hydrogen-bond donors (Lipinski definition) is 2. The highest BCUT2D eigenvalue weighted by Gasteiger charge is 2.09. The summed E-state index contributed by atoms with van der Waals surface area (Å²) in [5, 5.41) is 10.3. The first-order chi connectivity index (χ1) is 9.08. The average molecular weight is 276 g/mol. The molecule has 0 aliphatic rings. The van der Waals surface area contributed by atoms with E-state index < -0.39 is 0 Å². The molecule has 0 unspecified atom stereocenters. The molecule has 0 aliphatic carbocycles. The normalized spacial score (nSPS) is 10.2. The summed E-state index contributed by atoms with van der Waals surface area (Å²) >= 11 is 4.81. The number of rotatable bonds is 4. The molecule has 2 rings (SSSR count). The zero-order valence-corrected chi connectivity index (χ0v) is 11.0. The van der Waals surface area contributed by atoms with Gasteiger partial charge in [0.25, 0.3) is 5.91 Å². The third-order valence-electron chi connectivity index (χ3n) is 2.49. The number of amides is 1. The van der Waals surface area contributed by atoms with Crippen molar-refractivity contribution >= 4 is 23.1 Å². The van der Waals surface area contributed by atoms with E-state index >= 15 is 0 Å². The Labute approximate surface area is 114 Å². The predicted octanol–water partition coefficient (Wildman–Crippen LogP) is -0.226. The van der Waals surface area contributed by atoms with Crippen molar-refractivity contribution in [2.75, 3.05) is 0 Å². The molecular weight excluding hydrogens is 264 g/mol. The van der Waals surface area contributed by atoms with Crippen molar-refractivity contribution in [2.45, 2.75) is 6.54 Å². The SMILES string of the molecule is Cn1cnnc1CNC(=O)c1ccc(C(N)=S)cn1. The van der Waals surface area contributed by atoms with E-state index in [0.717, 1.165) is 0 Å². The Bertz CT molecular complexity index is 606. The number of carbonyl (C=O) groups is 1. The van der Waals surface area contributed by atoms with Gasteiger partial charge in [-0.3, -0.25) is 9.78 Å². The van der Waals surface area contributed by atoms with Crippen molar-refractivity contribution in [1.82, 2.24) is 25.1 Å². The van der Waals surface area contributed by atoms with Crippen LogP contribution in [0.4, 0.5) is 0 Å². The number of nitrogens with zero attached hydrogens (tertiary/aromatic N) is 4. The van der Waals surface area contributed by atoms with Gasteiger partial charge < -0.3 is 15.6 Å². The van der Waals surface area contributed by atoms with Gasteiger partial charge in [0, 0.05) is 18.8 Å². The third-order valence-corrected chi connectivity index (χ3v) is 2.73. The van der Waals surface area contributed by atoms with Crippen molar-refractivity contribution in [2.24, 2.45) is 12.8 Å². The van der Waals surface area contributed by atoms with Gasteiger partial charge in [-0.05, 0) is 12.1 Å². The van der Waals surface area contributed by atoms with Crippen LogP contribution in [0.2, 0.25) is 0 Å². The molecule has 0 atom stereocenters. The number of pyridine rings is 1. The topological polar surface area (TPSA) is 98.7 Å². The Morgan fingerprint density at radius 2 is 2.32 bits per heavy atom. The van der Waals surface area contributed by atoms with Crippen LogP contribution in [0.25, 0.3) is 0 Å². The summed E-state index contributed by atoms with van der Waals surface area (Å²) < 4.78 is 1.73. The summed E-state index contributed by atoms with van der Waals surface area (Å²) in [5.41, 5.74) is 6.37. The van der Waals surface area contributed by atoms with Crippen LogP contribution in [0.15, 0.2) is 24.7 Å². The van der Waals surface area contributed by atoms with Crippen LogP contribution in [-0.2, 0) is 13.6 Å². The van der Waals surface area contributed by atoms with Crippen LogP contribution >= 0.6 is 12.2 Å². The molecule has 0 radical (unpaired) electrons. The minimum absolute atomic E-state index is 0.249. The fourth-order valence-corrected chi connectivity index (χ4v) is 1.51. The maximum absolute atomic E-state index is 11.8. The standard InChI is InChI=1S/C11H12N6OS/c1-17-6-15-16-9(17)5-14-11(18)8-3-2-7(4-13-8)10(12)19/h2-4,6H,5H2,1H3,(H2,12,19)(H,14,18). The number of thiocarbonyl (C=S) groups is 1. The molecule has 98 valence electrons. The predicted molar refractivity (Wildman–Crippen MR) is 72.3 cm³/mol. The van der Waals surface area contributed by atoms with Gasteiger partial charge >= 0.3 is 0 Å². The van der Waals surface area contributed by atoms with Crippen LogP contribution in [-0.4, -0.2) is 30.6 Å². The number of carbonyl (C=O) groups excluding carboxylic acids is 1. The van der Waals surface area contributed by atoms with Crippen molar-refractivity contribution in [3.05, 3.63) is 41.7 Å². The molecule has 8 heteroatoms. The van der Waals surface area contributed by atoms with E-state index in [4.69, 9.17) is 18.0 Å². The quantitative estimate of drug-likeness (QED) is 0.749. The van der Waals surface area contributed by atoms with E-state index in [9.17, 15) is 4.79 Å². The Morgan fingerprint density at radius 3 is 2.84 bits per heavy atom. The molecule has 0 bridgehead atoms. The van der Waals surface area contributed by atoms with Crippen molar-refractivity contribution in [3.63, 3.8) is 0 Å². The van der Waals surface area contributed by atoms with Gasteiger partial charge in [-0.15, -0.1) is 10.2 Å². The lowest BCUT2D eigenvalue weighted by molar-refractivity contribution is 0.0944. The number of hydrogen-bond acceptors (Lipinski definition) is 5. The van der Waals surface area contributed by atoms with Gasteiger partial charge in [0.1, 0.15) is 17.0 Å². The summed E-state index contributed by atoms with van der Waals surface area (Å²) in [4.78, 5) is 16.1. The largest absolute Gasteiger partial charge is 0.389 e. The van der Waals surface area contributed by atoms with E-state index in [1.165, 1.54) is 6.20 Å². The third kappa shape index (κ3) is 3.10. The monoisotopic (exact) mass is 276 g/mol. The van der Waals surface area contributed by atoms with Crippen molar-refractivity contribution in [1.29, 1.82) is 0 Å². The van der Waals surface area contributed by atoms with Crippen LogP contribution in [0.3, 0.4) is 0 Å². The summed E-state index contributed by atoms with van der Waals surface area (Å²) in [6, 6.07) is 3.23. The molecular formula is C11H12N6OS. The first-order valence-corrected chi connectivity index (χ1v) is 5.85. The molecule has 0 fully saturated rings. The van der Waals surface area contributed by atoms with E-state index in [1.807, 2.05) is 0 Å². The highest BCUT2D eigenvalue weighted by Crippen LogP contribution is 2.01. The molecule has 0 aromatic carbocycles. The summed E-state index contributed by atoms with van der Waals surface area (Å²) in [6.45, 7) is 0.286. The maximum Gasteiger partial charge on any atom is 0.270 e. The molecule has 0 spiro atoms. The first kappa shape index (κ1) is 13.1. The molecule has 2 aromatic heterocycles. The molecule has 2 heterocycles. The van der Waals surface area contributed by atoms with Crippen LogP contribution in [0, 0.1) is 0 Å². The highest BCUT2D eigenvalue weighted by molar-refractivity contribution is 7.80. The number of nitrogens with one attached hydrogen (secondary N) is 1. The number of aryl methyl sites for hydroxylation is 1. The Hall–Kier alpha value is -2.35. The lowest BCUT2D eigenvalue weighted by Crippen LogP contribution is -2.25. The average Bonchev–Trinajstić information content (AvgIpc) is 2.81. The van der Waals surface area contributed by atoms with Gasteiger partial charge in [-0.1, -0.05) is 12.2 Å². The van der Waals surface area contributed by atoms with Gasteiger partial charge in [0.05, 0.1) is 6.54 Å². The zero-order chi connectivity index (χ0) is 13.8. The molecule has 19 heavy (non-hydrogen) atoms. The lowest BCUT2D eigenvalue weighted by atomic mass is 10.2. The number of aromatic nitrogens is 4. The minimum atomic E-state index is -0.294. The maximum atomic E-state index is 11.8. The fraction of sp³-hybridized carbons (Fsp3) is 0.182. The first-order valence-electron chi connectivity index (χ1n) is 5.45. The molecule has 0 saturated heterocycles. The van der Waals surface area contributed by atoms with E-state index in [1.54, 1.807) is 30.1 Å². The molecule has 3 N–H and O–H groups in total. The second-order valence-electron chi connectivity index (χ2n) is 3.84. The van der Waals surface area contributed by atoms with Gasteiger partial charge in [-0.25, -0.2) is 0 Å². The lowest BCUT2D eigenvalue weighted by Gasteiger charge is -2.04. The minimum Gasteiger partial charge on any atom is -0.389 e. The van der Waals surface area contributed by atoms with Crippen LogP contribution in [0.5, 0.6) is 0 Å². The molecule has 0 saturated carbocycles. The van der Waals surface area contributed by atoms with Crippen molar-refractivity contribution < 1.29 is 4.79 Å². The summed E-state index contributed by atoms with van der Waals surface area (Å²) in [6.07, 6.45) is 3.04. The Balaban J connectivity index is 2.00. The highest BCUT2D eigenvalue weighted by atomic mass is 32.1. The molecule has 7 nitrogen and oxygen atoms in total. The summed E-state index contributed by atoms with van der Waals surface area (Å²) in [7, 11) is 1.80. The Kier molecular flexibility index (Phi) is 3.81. The molecule has 1 amide bonds. The van der Waals surface area contributed by atoms with Gasteiger partial charge in [0.2, 0.25) is 0 Å². The van der Waals surface area contributed by atoms with E-state index in [-0.39, 0.29) is 17.4 Å². The van der Waals surface area contributed by atoms with E-state index in [0.29, 0.717) is 17.1 Å². The fourth-order valence-electron chi connectivity index (χ4n) is 1.39. The smallest absolute Gasteiger partial charge is 0.270 e. The van der Waals surface area contributed by atoms with E-state index in [2.05, 4.69) is 20.5 Å². The molecule has 2 aromatic rings.